The van der Waals surface area contributed by atoms with Crippen LogP contribution in [-0.4, -0.2) is 42.8 Å². The number of rotatable bonds is 5. The third kappa shape index (κ3) is 5.72. The molecular weight excluding hydrogens is 405 g/mol. The Balaban J connectivity index is 0.00000300. The Bertz CT molecular complexity index is 710. The third-order valence-electron chi connectivity index (χ3n) is 6.16. The minimum atomic E-state index is -1.17. The number of nitrogens with one attached hydrogen (secondary N) is 1. The molecular formula is C21H28ClF3N2O2. The molecule has 2 saturated heterocycles. The van der Waals surface area contributed by atoms with Gasteiger partial charge < -0.3 is 10.2 Å². The molecule has 0 radical (unpaired) electrons. The number of carbonyl (C=O) groups is 2. The summed E-state index contributed by atoms with van der Waals surface area (Å²) in [5.74, 6) is -3.64. The van der Waals surface area contributed by atoms with Crippen molar-refractivity contribution in [2.24, 2.45) is 17.8 Å². The minimum Gasteiger partial charge on any atom is -0.343 e. The zero-order valence-corrected chi connectivity index (χ0v) is 17.4. The zero-order chi connectivity index (χ0) is 20.3. The van der Waals surface area contributed by atoms with Crippen molar-refractivity contribution in [3.8, 4) is 0 Å². The lowest BCUT2D eigenvalue weighted by Crippen LogP contribution is -2.41. The van der Waals surface area contributed by atoms with Gasteiger partial charge in [0, 0.05) is 37.6 Å². The fourth-order valence-electron chi connectivity index (χ4n) is 4.36. The number of hydrogen-bond donors (Lipinski definition) is 1. The van der Waals surface area contributed by atoms with Crippen LogP contribution in [0.5, 0.6) is 0 Å². The van der Waals surface area contributed by atoms with Crippen molar-refractivity contribution in [1.82, 2.24) is 10.2 Å². The summed E-state index contributed by atoms with van der Waals surface area (Å²) in [5, 5.41) is 3.32. The van der Waals surface area contributed by atoms with Gasteiger partial charge >= 0.3 is 0 Å². The quantitative estimate of drug-likeness (QED) is 0.716. The van der Waals surface area contributed by atoms with Crippen LogP contribution in [0.2, 0.25) is 0 Å². The number of Topliss-reactive ketones (excluding diaryl/α,β-unsaturated/α-hetero) is 1. The summed E-state index contributed by atoms with van der Waals surface area (Å²) in [6.07, 6.45) is 3.38. The van der Waals surface area contributed by atoms with Crippen molar-refractivity contribution in [3.05, 3.63) is 35.1 Å². The van der Waals surface area contributed by atoms with E-state index in [2.05, 4.69) is 12.2 Å². The first-order valence-corrected chi connectivity index (χ1v) is 10.0. The summed E-state index contributed by atoms with van der Waals surface area (Å²) in [4.78, 5) is 26.9. The van der Waals surface area contributed by atoms with Gasteiger partial charge in [0.05, 0.1) is 5.56 Å². The van der Waals surface area contributed by atoms with Crippen LogP contribution in [-0.2, 0) is 4.79 Å². The lowest BCUT2D eigenvalue weighted by molar-refractivity contribution is -0.133. The van der Waals surface area contributed by atoms with E-state index in [1.807, 2.05) is 0 Å². The SMILES string of the molecule is CC(CC(=O)N1CCC(C(=O)c2c(F)cc(F)cc2F)CC1)C1CCNCC1.Cl. The predicted octanol–water partition coefficient (Wildman–Crippen LogP) is 3.97. The number of amides is 1. The first-order chi connectivity index (χ1) is 13.4. The van der Waals surface area contributed by atoms with Gasteiger partial charge in [-0.1, -0.05) is 6.92 Å². The molecule has 2 aliphatic rings. The van der Waals surface area contributed by atoms with Crippen molar-refractivity contribution in [2.45, 2.75) is 39.0 Å². The molecule has 2 fully saturated rings. The van der Waals surface area contributed by atoms with E-state index in [0.717, 1.165) is 25.9 Å². The maximum absolute atomic E-state index is 13.9. The predicted molar refractivity (Wildman–Crippen MR) is 107 cm³/mol. The molecule has 8 heteroatoms. The largest absolute Gasteiger partial charge is 0.343 e. The van der Waals surface area contributed by atoms with Gasteiger partial charge in [0.25, 0.3) is 0 Å². The van der Waals surface area contributed by atoms with E-state index in [1.165, 1.54) is 0 Å². The third-order valence-corrected chi connectivity index (χ3v) is 6.16. The molecule has 0 aromatic heterocycles. The molecule has 162 valence electrons. The van der Waals surface area contributed by atoms with Crippen LogP contribution in [0.15, 0.2) is 12.1 Å². The van der Waals surface area contributed by atoms with Gasteiger partial charge in [-0.05, 0) is 50.6 Å². The molecule has 4 nitrogen and oxygen atoms in total. The second-order valence-corrected chi connectivity index (χ2v) is 8.03. The molecule has 1 N–H and O–H groups in total. The van der Waals surface area contributed by atoms with Crippen molar-refractivity contribution >= 4 is 24.1 Å². The fraction of sp³-hybridized carbons (Fsp3) is 0.619. The number of halogens is 4. The highest BCUT2D eigenvalue weighted by Crippen LogP contribution is 2.28. The molecule has 29 heavy (non-hydrogen) atoms. The molecule has 1 aromatic rings. The molecule has 2 heterocycles. The van der Waals surface area contributed by atoms with Crippen LogP contribution < -0.4 is 5.32 Å². The highest BCUT2D eigenvalue weighted by molar-refractivity contribution is 5.98. The first-order valence-electron chi connectivity index (χ1n) is 10.0. The van der Waals surface area contributed by atoms with Crippen molar-refractivity contribution in [1.29, 1.82) is 0 Å². The lowest BCUT2D eigenvalue weighted by atomic mass is 9.83. The monoisotopic (exact) mass is 432 g/mol. The zero-order valence-electron chi connectivity index (χ0n) is 16.6. The van der Waals surface area contributed by atoms with Crippen LogP contribution in [0.4, 0.5) is 13.2 Å². The summed E-state index contributed by atoms with van der Waals surface area (Å²) < 4.78 is 40.8. The maximum atomic E-state index is 13.9. The normalized spacial score (nSPS) is 19.5. The smallest absolute Gasteiger partial charge is 0.222 e. The van der Waals surface area contributed by atoms with Crippen LogP contribution in [0.1, 0.15) is 49.4 Å². The molecule has 0 aliphatic carbocycles. The molecule has 1 unspecified atom stereocenters. The summed E-state index contributed by atoms with van der Waals surface area (Å²) in [6, 6.07) is 1.05. The van der Waals surface area contributed by atoms with Gasteiger partial charge in [-0.25, -0.2) is 13.2 Å². The molecule has 1 atom stereocenters. The lowest BCUT2D eigenvalue weighted by Gasteiger charge is -2.34. The Morgan fingerprint density at radius 3 is 2.17 bits per heavy atom. The number of piperidine rings is 2. The van der Waals surface area contributed by atoms with Crippen LogP contribution >= 0.6 is 12.4 Å². The van der Waals surface area contributed by atoms with Crippen LogP contribution in [0.25, 0.3) is 0 Å². The van der Waals surface area contributed by atoms with E-state index in [0.29, 0.717) is 56.3 Å². The molecule has 1 amide bonds. The fourth-order valence-corrected chi connectivity index (χ4v) is 4.36. The highest BCUT2D eigenvalue weighted by Gasteiger charge is 2.32. The Labute approximate surface area is 175 Å². The Morgan fingerprint density at radius 2 is 1.62 bits per heavy atom. The number of ketones is 1. The minimum absolute atomic E-state index is 0. The number of carbonyl (C=O) groups excluding carboxylic acids is 2. The van der Waals surface area contributed by atoms with Crippen molar-refractivity contribution < 1.29 is 22.8 Å². The number of likely N-dealkylation sites (tertiary alicyclic amines) is 1. The van der Waals surface area contributed by atoms with Gasteiger partial charge in [-0.3, -0.25) is 9.59 Å². The Morgan fingerprint density at radius 1 is 1.07 bits per heavy atom. The molecule has 0 bridgehead atoms. The van der Waals surface area contributed by atoms with E-state index < -0.39 is 34.7 Å². The standard InChI is InChI=1S/C21H27F3N2O2.ClH/c1-13(14-2-6-25-7-3-14)10-19(27)26-8-4-15(5-9-26)21(28)20-17(23)11-16(22)12-18(20)24;/h11-15,25H,2-10H2,1H3;1H. The molecule has 0 saturated carbocycles. The number of nitrogens with zero attached hydrogens (tertiary/aromatic N) is 1. The van der Waals surface area contributed by atoms with Gasteiger partial charge in [-0.15, -0.1) is 12.4 Å². The number of benzene rings is 1. The van der Waals surface area contributed by atoms with Gasteiger partial charge in [-0.2, -0.15) is 0 Å². The van der Waals surface area contributed by atoms with Crippen LogP contribution in [0.3, 0.4) is 0 Å². The van der Waals surface area contributed by atoms with Crippen LogP contribution in [0, 0.1) is 35.2 Å². The maximum Gasteiger partial charge on any atom is 0.222 e. The molecule has 1 aromatic carbocycles. The van der Waals surface area contributed by atoms with E-state index in [9.17, 15) is 22.8 Å². The van der Waals surface area contributed by atoms with Gasteiger partial charge in [0.15, 0.2) is 5.78 Å². The van der Waals surface area contributed by atoms with E-state index in [1.54, 1.807) is 4.90 Å². The van der Waals surface area contributed by atoms with Gasteiger partial charge in [0.1, 0.15) is 17.5 Å². The average molecular weight is 433 g/mol. The second-order valence-electron chi connectivity index (χ2n) is 8.03. The van der Waals surface area contributed by atoms with E-state index in [-0.39, 0.29) is 18.3 Å². The Kier molecular flexibility index (Phi) is 8.52. The molecule has 2 aliphatic heterocycles. The molecule has 3 rings (SSSR count). The van der Waals surface area contributed by atoms with E-state index in [4.69, 9.17) is 0 Å². The topological polar surface area (TPSA) is 49.4 Å². The van der Waals surface area contributed by atoms with E-state index >= 15 is 0 Å². The Hall–Kier alpha value is -1.60. The summed E-state index contributed by atoms with van der Waals surface area (Å²) in [7, 11) is 0. The summed E-state index contributed by atoms with van der Waals surface area (Å²) in [5.41, 5.74) is -0.675. The van der Waals surface area contributed by atoms with Crippen molar-refractivity contribution in [3.63, 3.8) is 0 Å². The second kappa shape index (κ2) is 10.4. The van der Waals surface area contributed by atoms with Crippen molar-refractivity contribution in [2.75, 3.05) is 26.2 Å². The summed E-state index contributed by atoms with van der Waals surface area (Å²) >= 11 is 0. The molecule has 0 spiro atoms. The highest BCUT2D eigenvalue weighted by atomic mass is 35.5. The number of hydrogen-bond acceptors (Lipinski definition) is 3. The van der Waals surface area contributed by atoms with Gasteiger partial charge in [0.2, 0.25) is 5.91 Å². The first kappa shape index (κ1) is 23.7. The summed E-state index contributed by atoms with van der Waals surface area (Å²) in [6.45, 7) is 4.90. The average Bonchev–Trinajstić information content (AvgIpc) is 2.67.